The molecular weight excluding hydrogens is 306 g/mol. The Bertz CT molecular complexity index is 724. The zero-order valence-corrected chi connectivity index (χ0v) is 12.0. The molecule has 0 spiro atoms. The van der Waals surface area contributed by atoms with Gasteiger partial charge in [0.1, 0.15) is 18.2 Å². The Hall–Kier alpha value is -2.83. The van der Waals surface area contributed by atoms with Gasteiger partial charge in [-0.3, -0.25) is 0 Å². The number of ether oxygens (including phenoxy) is 2. The molecule has 0 aliphatic carbocycles. The highest BCUT2D eigenvalue weighted by molar-refractivity contribution is 5.89. The van der Waals surface area contributed by atoms with E-state index in [0.29, 0.717) is 24.2 Å². The number of carbonyl (C=O) groups is 1. The van der Waals surface area contributed by atoms with Crippen LogP contribution in [-0.4, -0.2) is 25.3 Å². The molecule has 1 heterocycles. The molecule has 0 bridgehead atoms. The van der Waals surface area contributed by atoms with E-state index in [2.05, 4.69) is 10.6 Å². The van der Waals surface area contributed by atoms with Crippen molar-refractivity contribution in [2.24, 2.45) is 0 Å². The van der Waals surface area contributed by atoms with Gasteiger partial charge in [0.25, 0.3) is 0 Å². The molecule has 0 saturated heterocycles. The van der Waals surface area contributed by atoms with E-state index < -0.39 is 17.7 Å². The summed E-state index contributed by atoms with van der Waals surface area (Å²) in [5.41, 5.74) is -0.102. The normalized spacial score (nSPS) is 15.8. The number of rotatable bonds is 3. The van der Waals surface area contributed by atoms with Crippen LogP contribution in [0.15, 0.2) is 42.5 Å². The molecule has 5 nitrogen and oxygen atoms in total. The Morgan fingerprint density at radius 3 is 2.74 bits per heavy atom. The average molecular weight is 320 g/mol. The number of amides is 2. The smallest absolute Gasteiger partial charge is 0.319 e. The Balaban J connectivity index is 1.52. The van der Waals surface area contributed by atoms with Gasteiger partial charge in [-0.25, -0.2) is 13.6 Å². The van der Waals surface area contributed by atoms with Crippen LogP contribution in [0.4, 0.5) is 19.3 Å². The van der Waals surface area contributed by atoms with Gasteiger partial charge in [0.2, 0.25) is 0 Å². The number of carbonyl (C=O) groups excluding carboxylic acids is 1. The lowest BCUT2D eigenvalue weighted by molar-refractivity contribution is 0.0922. The minimum Gasteiger partial charge on any atom is -0.486 e. The Morgan fingerprint density at radius 2 is 1.96 bits per heavy atom. The van der Waals surface area contributed by atoms with E-state index in [4.69, 9.17) is 9.47 Å². The fourth-order valence-electron chi connectivity index (χ4n) is 2.13. The number of benzene rings is 2. The van der Waals surface area contributed by atoms with E-state index in [1.807, 2.05) is 12.1 Å². The van der Waals surface area contributed by atoms with Crippen molar-refractivity contribution >= 4 is 11.7 Å². The highest BCUT2D eigenvalue weighted by Crippen LogP contribution is 2.30. The molecule has 3 rings (SSSR count). The van der Waals surface area contributed by atoms with Crippen LogP contribution in [-0.2, 0) is 0 Å². The number of nitrogens with one attached hydrogen (secondary N) is 2. The molecule has 23 heavy (non-hydrogen) atoms. The van der Waals surface area contributed by atoms with Crippen LogP contribution in [0.5, 0.6) is 11.5 Å². The van der Waals surface area contributed by atoms with E-state index in [0.717, 1.165) is 12.1 Å². The fraction of sp³-hybridized carbons (Fsp3) is 0.188. The number of urea groups is 1. The zero-order valence-electron chi connectivity index (χ0n) is 12.0. The minimum atomic E-state index is -0.841. The second-order valence-electron chi connectivity index (χ2n) is 4.96. The van der Waals surface area contributed by atoms with Crippen molar-refractivity contribution in [1.82, 2.24) is 5.32 Å². The summed E-state index contributed by atoms with van der Waals surface area (Å²) < 4.78 is 37.4. The molecule has 2 aromatic rings. The average Bonchev–Trinajstić information content (AvgIpc) is 2.55. The largest absolute Gasteiger partial charge is 0.486 e. The second kappa shape index (κ2) is 6.51. The first-order valence-corrected chi connectivity index (χ1v) is 7.00. The fourth-order valence-corrected chi connectivity index (χ4v) is 2.13. The highest BCUT2D eigenvalue weighted by atomic mass is 19.1. The SMILES string of the molecule is O=C(NCC1COc2ccccc2O1)Nc1ccc(F)cc1F. The molecule has 0 radical (unpaired) electrons. The van der Waals surface area contributed by atoms with Crippen molar-refractivity contribution < 1.29 is 23.0 Å². The standard InChI is InChI=1S/C16H14F2N2O3/c17-10-5-6-13(12(18)7-10)20-16(21)19-8-11-9-22-14-3-1-2-4-15(14)23-11/h1-7,11H,8-9H2,(H2,19,20,21). The Kier molecular flexibility index (Phi) is 4.27. The summed E-state index contributed by atoms with van der Waals surface area (Å²) in [7, 11) is 0. The molecule has 1 atom stereocenters. The molecule has 1 aliphatic rings. The molecular formula is C16H14F2N2O3. The van der Waals surface area contributed by atoms with Gasteiger partial charge in [0, 0.05) is 6.07 Å². The van der Waals surface area contributed by atoms with Crippen LogP contribution in [0.2, 0.25) is 0 Å². The van der Waals surface area contributed by atoms with Gasteiger partial charge >= 0.3 is 6.03 Å². The van der Waals surface area contributed by atoms with Crippen LogP contribution in [0.1, 0.15) is 0 Å². The molecule has 2 aromatic carbocycles. The third-order valence-corrected chi connectivity index (χ3v) is 3.24. The second-order valence-corrected chi connectivity index (χ2v) is 4.96. The maximum Gasteiger partial charge on any atom is 0.319 e. The molecule has 2 N–H and O–H groups in total. The number of fused-ring (bicyclic) bond motifs is 1. The monoisotopic (exact) mass is 320 g/mol. The topological polar surface area (TPSA) is 59.6 Å². The lowest BCUT2D eigenvalue weighted by Crippen LogP contribution is -2.42. The number of anilines is 1. The maximum atomic E-state index is 13.4. The lowest BCUT2D eigenvalue weighted by Gasteiger charge is -2.26. The van der Waals surface area contributed by atoms with Crippen molar-refractivity contribution in [2.45, 2.75) is 6.10 Å². The van der Waals surface area contributed by atoms with Crippen molar-refractivity contribution in [2.75, 3.05) is 18.5 Å². The maximum absolute atomic E-state index is 13.4. The van der Waals surface area contributed by atoms with E-state index in [9.17, 15) is 13.6 Å². The van der Waals surface area contributed by atoms with Crippen LogP contribution in [0, 0.1) is 11.6 Å². The van der Waals surface area contributed by atoms with Gasteiger partial charge in [0.15, 0.2) is 17.6 Å². The van der Waals surface area contributed by atoms with E-state index >= 15 is 0 Å². The van der Waals surface area contributed by atoms with Crippen molar-refractivity contribution in [3.05, 3.63) is 54.1 Å². The third-order valence-electron chi connectivity index (χ3n) is 3.24. The molecule has 2 amide bonds. The Morgan fingerprint density at radius 1 is 1.17 bits per heavy atom. The first kappa shape index (κ1) is 15.1. The predicted octanol–water partition coefficient (Wildman–Crippen LogP) is 2.93. The summed E-state index contributed by atoms with van der Waals surface area (Å²) in [4.78, 5) is 11.8. The first-order chi connectivity index (χ1) is 11.1. The van der Waals surface area contributed by atoms with Gasteiger partial charge in [-0.2, -0.15) is 0 Å². The molecule has 1 aliphatic heterocycles. The molecule has 7 heteroatoms. The van der Waals surface area contributed by atoms with Crippen molar-refractivity contribution in [3.8, 4) is 11.5 Å². The lowest BCUT2D eigenvalue weighted by atomic mass is 10.2. The summed E-state index contributed by atoms with van der Waals surface area (Å²) in [6, 6.07) is 9.53. The summed E-state index contributed by atoms with van der Waals surface area (Å²) in [5.74, 6) is -0.289. The van der Waals surface area contributed by atoms with Gasteiger partial charge in [0.05, 0.1) is 12.2 Å². The van der Waals surface area contributed by atoms with Crippen molar-refractivity contribution in [1.29, 1.82) is 0 Å². The number of hydrogen-bond acceptors (Lipinski definition) is 3. The van der Waals surface area contributed by atoms with Crippen LogP contribution >= 0.6 is 0 Å². The zero-order chi connectivity index (χ0) is 16.2. The minimum absolute atomic E-state index is 0.102. The Labute approximate surface area is 131 Å². The third kappa shape index (κ3) is 3.68. The van der Waals surface area contributed by atoms with E-state index in [1.54, 1.807) is 12.1 Å². The summed E-state index contributed by atoms with van der Waals surface area (Å²) in [5, 5.41) is 4.87. The van der Waals surface area contributed by atoms with E-state index in [-0.39, 0.29) is 18.3 Å². The molecule has 1 unspecified atom stereocenters. The number of halogens is 2. The molecule has 120 valence electrons. The number of hydrogen-bond donors (Lipinski definition) is 2. The van der Waals surface area contributed by atoms with Gasteiger partial charge in [-0.15, -0.1) is 0 Å². The summed E-state index contributed by atoms with van der Waals surface area (Å²) >= 11 is 0. The number of para-hydroxylation sites is 2. The first-order valence-electron chi connectivity index (χ1n) is 7.00. The van der Waals surface area contributed by atoms with Crippen LogP contribution in [0.3, 0.4) is 0 Å². The van der Waals surface area contributed by atoms with Crippen LogP contribution in [0.25, 0.3) is 0 Å². The quantitative estimate of drug-likeness (QED) is 0.914. The molecule has 0 saturated carbocycles. The van der Waals surface area contributed by atoms with Gasteiger partial charge < -0.3 is 20.1 Å². The molecule has 0 fully saturated rings. The van der Waals surface area contributed by atoms with Crippen LogP contribution < -0.4 is 20.1 Å². The summed E-state index contributed by atoms with van der Waals surface area (Å²) in [6.45, 7) is 0.477. The van der Waals surface area contributed by atoms with Gasteiger partial charge in [-0.05, 0) is 24.3 Å². The van der Waals surface area contributed by atoms with Crippen molar-refractivity contribution in [3.63, 3.8) is 0 Å². The predicted molar refractivity (Wildman–Crippen MR) is 79.7 cm³/mol. The van der Waals surface area contributed by atoms with E-state index in [1.165, 1.54) is 0 Å². The highest BCUT2D eigenvalue weighted by Gasteiger charge is 2.21. The summed E-state index contributed by atoms with van der Waals surface area (Å²) in [6.07, 6.45) is -0.353. The molecule has 0 aromatic heterocycles. The van der Waals surface area contributed by atoms with Gasteiger partial charge in [-0.1, -0.05) is 12.1 Å².